The van der Waals surface area contributed by atoms with E-state index < -0.39 is 6.04 Å². The van der Waals surface area contributed by atoms with E-state index in [0.717, 1.165) is 43.7 Å². The van der Waals surface area contributed by atoms with Crippen LogP contribution in [-0.2, 0) is 22.7 Å². The summed E-state index contributed by atoms with van der Waals surface area (Å²) in [6.07, 6.45) is 4.62. The maximum Gasteiger partial charge on any atom is 0.255 e. The number of carbonyl (C=O) groups is 3. The Kier molecular flexibility index (Phi) is 4.86. The van der Waals surface area contributed by atoms with E-state index in [2.05, 4.69) is 32.5 Å². The van der Waals surface area contributed by atoms with Gasteiger partial charge in [0.1, 0.15) is 6.04 Å². The number of rotatable bonds is 4. The monoisotopic (exact) mass is 407 g/mol. The van der Waals surface area contributed by atoms with E-state index in [1.807, 2.05) is 12.1 Å². The number of imide groups is 1. The molecule has 0 radical (unpaired) electrons. The summed E-state index contributed by atoms with van der Waals surface area (Å²) in [5, 5.41) is 9.39. The molecule has 2 aromatic rings. The molecule has 0 saturated carbocycles. The maximum atomic E-state index is 12.9. The SMILES string of the molecule is O=C1CCC(N2Cc3cc(C4CCN(Cc5ccn[nH]5)CC4)ccc3C2=O)C(=O)N1. The fourth-order valence-electron chi connectivity index (χ4n) is 4.89. The van der Waals surface area contributed by atoms with Crippen molar-refractivity contribution in [3.63, 3.8) is 0 Å². The molecule has 8 nitrogen and oxygen atoms in total. The molecule has 1 unspecified atom stereocenters. The van der Waals surface area contributed by atoms with E-state index in [0.29, 0.717) is 24.4 Å². The number of carbonyl (C=O) groups excluding carboxylic acids is 3. The number of aromatic amines is 1. The van der Waals surface area contributed by atoms with E-state index in [1.165, 1.54) is 5.56 Å². The molecule has 3 amide bonds. The van der Waals surface area contributed by atoms with Crippen LogP contribution in [0.15, 0.2) is 30.5 Å². The number of nitrogens with zero attached hydrogens (tertiary/aromatic N) is 3. The topological polar surface area (TPSA) is 98.4 Å². The van der Waals surface area contributed by atoms with Crippen molar-refractivity contribution in [2.45, 2.75) is 50.7 Å². The van der Waals surface area contributed by atoms with Crippen molar-refractivity contribution in [1.82, 2.24) is 25.3 Å². The lowest BCUT2D eigenvalue weighted by atomic mass is 9.88. The molecule has 2 saturated heterocycles. The highest BCUT2D eigenvalue weighted by molar-refractivity contribution is 6.05. The number of amides is 3. The Labute approximate surface area is 174 Å². The normalized spacial score (nSPS) is 23.0. The second-order valence-electron chi connectivity index (χ2n) is 8.45. The smallest absolute Gasteiger partial charge is 0.255 e. The van der Waals surface area contributed by atoms with Crippen molar-refractivity contribution in [2.24, 2.45) is 0 Å². The highest BCUT2D eigenvalue weighted by Crippen LogP contribution is 2.33. The Hall–Kier alpha value is -3.00. The summed E-state index contributed by atoms with van der Waals surface area (Å²) < 4.78 is 0. The zero-order valence-electron chi connectivity index (χ0n) is 16.8. The van der Waals surface area contributed by atoms with Gasteiger partial charge in [0.15, 0.2) is 0 Å². The van der Waals surface area contributed by atoms with Gasteiger partial charge in [0, 0.05) is 37.0 Å². The van der Waals surface area contributed by atoms with Crippen molar-refractivity contribution < 1.29 is 14.4 Å². The minimum atomic E-state index is -0.559. The number of H-pyrrole nitrogens is 1. The van der Waals surface area contributed by atoms with Gasteiger partial charge in [-0.2, -0.15) is 5.10 Å². The summed E-state index contributed by atoms with van der Waals surface area (Å²) in [7, 11) is 0. The lowest BCUT2D eigenvalue weighted by molar-refractivity contribution is -0.136. The summed E-state index contributed by atoms with van der Waals surface area (Å²) in [6, 6.07) is 7.58. The first kappa shape index (κ1) is 19.0. The second kappa shape index (κ2) is 7.68. The van der Waals surface area contributed by atoms with E-state index >= 15 is 0 Å². The number of likely N-dealkylation sites (tertiary alicyclic amines) is 1. The molecule has 3 aliphatic rings. The first-order valence-electron chi connectivity index (χ1n) is 10.6. The molecule has 1 atom stereocenters. The van der Waals surface area contributed by atoms with Crippen LogP contribution in [0.5, 0.6) is 0 Å². The third kappa shape index (κ3) is 3.52. The third-order valence-corrected chi connectivity index (χ3v) is 6.56. The number of nitrogens with one attached hydrogen (secondary N) is 2. The summed E-state index contributed by atoms with van der Waals surface area (Å²) in [5.74, 6) is -0.257. The van der Waals surface area contributed by atoms with E-state index in [4.69, 9.17) is 0 Å². The molecule has 2 fully saturated rings. The second-order valence-corrected chi connectivity index (χ2v) is 8.45. The lowest BCUT2D eigenvalue weighted by Crippen LogP contribution is -2.52. The van der Waals surface area contributed by atoms with Crippen LogP contribution < -0.4 is 5.32 Å². The summed E-state index contributed by atoms with van der Waals surface area (Å²) in [6.45, 7) is 3.39. The van der Waals surface area contributed by atoms with Crippen LogP contribution in [0, 0.1) is 0 Å². The van der Waals surface area contributed by atoms with Crippen LogP contribution in [0.25, 0.3) is 0 Å². The number of hydrogen-bond acceptors (Lipinski definition) is 5. The first-order chi connectivity index (χ1) is 14.6. The molecular formula is C22H25N5O3. The molecular weight excluding hydrogens is 382 g/mol. The Morgan fingerprint density at radius 1 is 1.07 bits per heavy atom. The summed E-state index contributed by atoms with van der Waals surface area (Å²) >= 11 is 0. The van der Waals surface area contributed by atoms with Gasteiger partial charge in [-0.25, -0.2) is 0 Å². The van der Waals surface area contributed by atoms with Gasteiger partial charge in [-0.3, -0.25) is 29.7 Å². The quantitative estimate of drug-likeness (QED) is 0.750. The van der Waals surface area contributed by atoms with Crippen molar-refractivity contribution >= 4 is 17.7 Å². The van der Waals surface area contributed by atoms with Crippen LogP contribution in [0.1, 0.15) is 58.8 Å². The average Bonchev–Trinajstić information content (AvgIpc) is 3.36. The van der Waals surface area contributed by atoms with Crippen molar-refractivity contribution in [3.05, 3.63) is 52.8 Å². The molecule has 2 N–H and O–H groups in total. The number of hydrogen-bond donors (Lipinski definition) is 2. The van der Waals surface area contributed by atoms with Gasteiger partial charge >= 0.3 is 0 Å². The van der Waals surface area contributed by atoms with Gasteiger partial charge in [0.05, 0.1) is 0 Å². The lowest BCUT2D eigenvalue weighted by Gasteiger charge is -2.32. The molecule has 0 spiro atoms. The molecule has 1 aromatic carbocycles. The number of aromatic nitrogens is 2. The standard InChI is InChI=1S/C22H25N5O3/c28-20-4-3-19(21(29)24-20)27-12-16-11-15(1-2-18(16)22(27)30)14-6-9-26(10-7-14)13-17-5-8-23-25-17/h1-2,5,8,11,14,19H,3-4,6-7,9-10,12-13H2,(H,23,25)(H,24,28,29). The van der Waals surface area contributed by atoms with Gasteiger partial charge in [-0.1, -0.05) is 12.1 Å². The van der Waals surface area contributed by atoms with Crippen LogP contribution in [0.3, 0.4) is 0 Å². The van der Waals surface area contributed by atoms with Gasteiger partial charge in [-0.15, -0.1) is 0 Å². The minimum absolute atomic E-state index is 0.111. The van der Waals surface area contributed by atoms with Crippen molar-refractivity contribution in [1.29, 1.82) is 0 Å². The predicted molar refractivity (Wildman–Crippen MR) is 108 cm³/mol. The fraction of sp³-hybridized carbons (Fsp3) is 0.455. The molecule has 0 bridgehead atoms. The Morgan fingerprint density at radius 2 is 1.90 bits per heavy atom. The molecule has 3 aliphatic heterocycles. The van der Waals surface area contributed by atoms with Crippen LogP contribution in [-0.4, -0.2) is 56.9 Å². The predicted octanol–water partition coefficient (Wildman–Crippen LogP) is 1.55. The third-order valence-electron chi connectivity index (χ3n) is 6.56. The Morgan fingerprint density at radius 3 is 2.63 bits per heavy atom. The molecule has 1 aromatic heterocycles. The van der Waals surface area contributed by atoms with Gasteiger partial charge in [0.2, 0.25) is 11.8 Å². The zero-order valence-corrected chi connectivity index (χ0v) is 16.8. The largest absolute Gasteiger partial charge is 0.322 e. The average molecular weight is 407 g/mol. The maximum absolute atomic E-state index is 12.9. The van der Waals surface area contributed by atoms with Crippen molar-refractivity contribution in [2.75, 3.05) is 13.1 Å². The summed E-state index contributed by atoms with van der Waals surface area (Å²) in [4.78, 5) is 40.5. The Balaban J connectivity index is 1.25. The van der Waals surface area contributed by atoms with Gasteiger partial charge in [0.25, 0.3) is 5.91 Å². The summed E-state index contributed by atoms with van der Waals surface area (Å²) in [5.41, 5.74) is 4.08. The van der Waals surface area contributed by atoms with Crippen LogP contribution in [0.2, 0.25) is 0 Å². The number of fused-ring (bicyclic) bond motifs is 1. The first-order valence-corrected chi connectivity index (χ1v) is 10.6. The zero-order chi connectivity index (χ0) is 20.7. The van der Waals surface area contributed by atoms with Gasteiger partial charge in [-0.05, 0) is 61.5 Å². The number of benzene rings is 1. The Bertz CT molecular complexity index is 979. The van der Waals surface area contributed by atoms with E-state index in [9.17, 15) is 14.4 Å². The van der Waals surface area contributed by atoms with Crippen LogP contribution in [0.4, 0.5) is 0 Å². The highest BCUT2D eigenvalue weighted by Gasteiger charge is 2.39. The molecule has 5 rings (SSSR count). The fourth-order valence-corrected chi connectivity index (χ4v) is 4.89. The van der Waals surface area contributed by atoms with Crippen molar-refractivity contribution in [3.8, 4) is 0 Å². The van der Waals surface area contributed by atoms with Crippen LogP contribution >= 0.6 is 0 Å². The highest BCUT2D eigenvalue weighted by atomic mass is 16.2. The number of piperidine rings is 2. The molecule has 30 heavy (non-hydrogen) atoms. The minimum Gasteiger partial charge on any atom is -0.322 e. The van der Waals surface area contributed by atoms with E-state index in [1.54, 1.807) is 11.1 Å². The molecule has 156 valence electrons. The molecule has 4 heterocycles. The molecule has 0 aliphatic carbocycles. The van der Waals surface area contributed by atoms with Gasteiger partial charge < -0.3 is 4.90 Å². The van der Waals surface area contributed by atoms with E-state index in [-0.39, 0.29) is 24.1 Å². The molecule has 8 heteroatoms.